The first-order valence-corrected chi connectivity index (χ1v) is 6.93. The lowest BCUT2D eigenvalue weighted by molar-refractivity contribution is 0.620. The average Bonchev–Trinajstić information content (AvgIpc) is 2.99. The maximum atomic E-state index is 4.38. The van der Waals surface area contributed by atoms with Crippen molar-refractivity contribution in [3.05, 3.63) is 24.9 Å². The average molecular weight is 274 g/mol. The second-order valence-electron chi connectivity index (χ2n) is 4.19. The fourth-order valence-electron chi connectivity index (χ4n) is 1.92. The van der Waals surface area contributed by atoms with Crippen molar-refractivity contribution < 1.29 is 0 Å². The van der Waals surface area contributed by atoms with Crippen LogP contribution in [0.2, 0.25) is 0 Å². The first-order valence-electron chi connectivity index (χ1n) is 6.11. The molecule has 19 heavy (non-hydrogen) atoms. The molecule has 98 valence electrons. The summed E-state index contributed by atoms with van der Waals surface area (Å²) in [7, 11) is 1.88. The normalized spacial score (nSPS) is 11.3. The summed E-state index contributed by atoms with van der Waals surface area (Å²) < 4.78 is 3.88. The molecule has 0 bridgehead atoms. The van der Waals surface area contributed by atoms with Crippen LogP contribution < -0.4 is 0 Å². The number of aromatic nitrogens is 6. The van der Waals surface area contributed by atoms with Gasteiger partial charge in [-0.3, -0.25) is 4.68 Å². The predicted octanol–water partition coefficient (Wildman–Crippen LogP) is 2.12. The van der Waals surface area contributed by atoms with Gasteiger partial charge in [0.25, 0.3) is 0 Å². The molecule has 0 aromatic carbocycles. The summed E-state index contributed by atoms with van der Waals surface area (Å²) in [5.74, 6) is 0. The van der Waals surface area contributed by atoms with Crippen LogP contribution in [0.25, 0.3) is 11.0 Å². The van der Waals surface area contributed by atoms with Crippen molar-refractivity contribution in [2.45, 2.75) is 30.1 Å². The van der Waals surface area contributed by atoms with E-state index in [-0.39, 0.29) is 0 Å². The van der Waals surface area contributed by atoms with Crippen molar-refractivity contribution in [2.75, 3.05) is 0 Å². The molecule has 3 aromatic heterocycles. The molecule has 0 atom stereocenters. The molecular formula is C12H14N6S. The highest BCUT2D eigenvalue weighted by molar-refractivity contribution is 7.99. The quantitative estimate of drug-likeness (QED) is 0.682. The summed E-state index contributed by atoms with van der Waals surface area (Å²) >= 11 is 1.55. The first-order chi connectivity index (χ1) is 9.29. The Balaban J connectivity index is 1.99. The number of rotatable bonds is 4. The smallest absolute Gasteiger partial charge is 0.174 e. The zero-order valence-electron chi connectivity index (χ0n) is 10.8. The van der Waals surface area contributed by atoms with Gasteiger partial charge in [0, 0.05) is 26.0 Å². The Morgan fingerprint density at radius 1 is 1.26 bits per heavy atom. The SMILES string of the molecule is CCCn1ccnc1Sc1ncnc2c1cnn2C. The molecule has 0 unspecified atom stereocenters. The monoisotopic (exact) mass is 274 g/mol. The second kappa shape index (κ2) is 5.00. The molecule has 0 fully saturated rings. The third kappa shape index (κ3) is 2.21. The van der Waals surface area contributed by atoms with E-state index in [1.165, 1.54) is 0 Å². The molecule has 3 rings (SSSR count). The predicted molar refractivity (Wildman–Crippen MR) is 72.9 cm³/mol. The van der Waals surface area contributed by atoms with Crippen molar-refractivity contribution in [2.24, 2.45) is 7.05 Å². The van der Waals surface area contributed by atoms with Crippen LogP contribution in [0.1, 0.15) is 13.3 Å². The number of fused-ring (bicyclic) bond motifs is 1. The molecule has 0 radical (unpaired) electrons. The fourth-order valence-corrected chi connectivity index (χ4v) is 2.83. The number of aryl methyl sites for hydroxylation is 2. The van der Waals surface area contributed by atoms with Gasteiger partial charge in [-0.1, -0.05) is 6.92 Å². The number of hydrogen-bond donors (Lipinski definition) is 0. The van der Waals surface area contributed by atoms with E-state index in [1.807, 2.05) is 19.4 Å². The summed E-state index contributed by atoms with van der Waals surface area (Å²) in [5, 5.41) is 7.02. The zero-order chi connectivity index (χ0) is 13.2. The van der Waals surface area contributed by atoms with Crippen LogP contribution in [0.15, 0.2) is 35.1 Å². The van der Waals surface area contributed by atoms with E-state index in [1.54, 1.807) is 29.0 Å². The van der Waals surface area contributed by atoms with Crippen LogP contribution in [0, 0.1) is 0 Å². The van der Waals surface area contributed by atoms with Gasteiger partial charge >= 0.3 is 0 Å². The minimum atomic E-state index is 0.839. The van der Waals surface area contributed by atoms with Gasteiger partial charge in [0.05, 0.1) is 11.6 Å². The van der Waals surface area contributed by atoms with Crippen LogP contribution in [0.5, 0.6) is 0 Å². The van der Waals surface area contributed by atoms with E-state index in [0.29, 0.717) is 0 Å². The third-order valence-corrected chi connectivity index (χ3v) is 3.86. The van der Waals surface area contributed by atoms with Gasteiger partial charge in [0.2, 0.25) is 0 Å². The lowest BCUT2D eigenvalue weighted by Crippen LogP contribution is -1.98. The van der Waals surface area contributed by atoms with Crippen LogP contribution in [-0.2, 0) is 13.6 Å². The minimum Gasteiger partial charge on any atom is -0.326 e. The van der Waals surface area contributed by atoms with E-state index in [2.05, 4.69) is 31.5 Å². The zero-order valence-corrected chi connectivity index (χ0v) is 11.6. The van der Waals surface area contributed by atoms with Crippen LogP contribution in [0.3, 0.4) is 0 Å². The lowest BCUT2D eigenvalue weighted by atomic mass is 10.4. The Labute approximate surface area is 114 Å². The molecular weight excluding hydrogens is 260 g/mol. The molecule has 7 heteroatoms. The molecule has 0 amide bonds. The van der Waals surface area contributed by atoms with Gasteiger partial charge in [-0.25, -0.2) is 15.0 Å². The highest BCUT2D eigenvalue weighted by atomic mass is 32.2. The number of nitrogens with zero attached hydrogens (tertiary/aromatic N) is 6. The summed E-state index contributed by atoms with van der Waals surface area (Å²) in [4.78, 5) is 13.0. The van der Waals surface area contributed by atoms with Crippen molar-refractivity contribution in [1.82, 2.24) is 29.3 Å². The Morgan fingerprint density at radius 2 is 2.16 bits per heavy atom. The fraction of sp³-hybridized carbons (Fsp3) is 0.333. The summed E-state index contributed by atoms with van der Waals surface area (Å²) in [6.07, 6.45) is 8.26. The Kier molecular flexibility index (Phi) is 3.20. The van der Waals surface area contributed by atoms with Crippen LogP contribution >= 0.6 is 11.8 Å². The maximum absolute atomic E-state index is 4.38. The molecule has 0 N–H and O–H groups in total. The van der Waals surface area contributed by atoms with Crippen LogP contribution in [0.4, 0.5) is 0 Å². The number of imidazole rings is 1. The highest BCUT2D eigenvalue weighted by Gasteiger charge is 2.12. The van der Waals surface area contributed by atoms with Gasteiger partial charge in [0.15, 0.2) is 10.8 Å². The standard InChI is InChI=1S/C12H14N6S/c1-3-5-18-6-4-13-12(18)19-11-9-7-16-17(2)10(9)14-8-15-11/h4,6-8H,3,5H2,1-2H3. The molecule has 3 heterocycles. The van der Waals surface area contributed by atoms with Crippen molar-refractivity contribution in [1.29, 1.82) is 0 Å². The lowest BCUT2D eigenvalue weighted by Gasteiger charge is -2.05. The topological polar surface area (TPSA) is 61.4 Å². The minimum absolute atomic E-state index is 0.839. The highest BCUT2D eigenvalue weighted by Crippen LogP contribution is 2.29. The van der Waals surface area contributed by atoms with E-state index < -0.39 is 0 Å². The molecule has 0 saturated heterocycles. The summed E-state index contributed by atoms with van der Waals surface area (Å²) in [5.41, 5.74) is 0.839. The molecule has 0 aliphatic carbocycles. The van der Waals surface area contributed by atoms with Gasteiger partial charge in [0.1, 0.15) is 11.4 Å². The van der Waals surface area contributed by atoms with Gasteiger partial charge in [-0.05, 0) is 18.2 Å². The Bertz CT molecular complexity index is 701. The number of hydrogen-bond acceptors (Lipinski definition) is 5. The maximum Gasteiger partial charge on any atom is 0.174 e. The molecule has 0 aliphatic heterocycles. The van der Waals surface area contributed by atoms with Gasteiger partial charge in [-0.2, -0.15) is 5.10 Å². The Morgan fingerprint density at radius 3 is 3.00 bits per heavy atom. The summed E-state index contributed by atoms with van der Waals surface area (Å²) in [6.45, 7) is 3.11. The Hall–Kier alpha value is -1.89. The van der Waals surface area contributed by atoms with E-state index >= 15 is 0 Å². The second-order valence-corrected chi connectivity index (χ2v) is 5.15. The van der Waals surface area contributed by atoms with E-state index in [4.69, 9.17) is 0 Å². The largest absolute Gasteiger partial charge is 0.326 e. The molecule has 3 aromatic rings. The van der Waals surface area contributed by atoms with Gasteiger partial charge in [-0.15, -0.1) is 0 Å². The van der Waals surface area contributed by atoms with Crippen molar-refractivity contribution in [3.8, 4) is 0 Å². The third-order valence-electron chi connectivity index (χ3n) is 2.82. The molecule has 0 spiro atoms. The summed E-state index contributed by atoms with van der Waals surface area (Å²) in [6, 6.07) is 0. The van der Waals surface area contributed by atoms with E-state index in [0.717, 1.165) is 34.2 Å². The van der Waals surface area contributed by atoms with Gasteiger partial charge < -0.3 is 4.57 Å². The van der Waals surface area contributed by atoms with Crippen molar-refractivity contribution >= 4 is 22.8 Å². The van der Waals surface area contributed by atoms with Crippen LogP contribution in [-0.4, -0.2) is 29.3 Å². The van der Waals surface area contributed by atoms with E-state index in [9.17, 15) is 0 Å². The molecule has 6 nitrogen and oxygen atoms in total. The molecule has 0 aliphatic rings. The molecule has 0 saturated carbocycles. The first kappa shape index (κ1) is 12.2. The van der Waals surface area contributed by atoms with Crippen molar-refractivity contribution in [3.63, 3.8) is 0 Å².